The zero-order valence-electron chi connectivity index (χ0n) is 21.5. The van der Waals surface area contributed by atoms with E-state index in [4.69, 9.17) is 18.9 Å². The summed E-state index contributed by atoms with van der Waals surface area (Å²) < 4.78 is 23.6. The second-order valence-electron chi connectivity index (χ2n) is 8.41. The Kier molecular flexibility index (Phi) is 7.82. The minimum Gasteiger partial charge on any atom is -0.493 e. The number of amides is 1. The molecule has 5 aromatic rings. The van der Waals surface area contributed by atoms with Crippen LogP contribution in [0.1, 0.15) is 0 Å². The number of benzene rings is 3. The number of methoxy groups -OCH3 is 2. The number of fused-ring (bicyclic) bond motifs is 1. The summed E-state index contributed by atoms with van der Waals surface area (Å²) in [6, 6.07) is 26.6. The average Bonchev–Trinajstić information content (AvgIpc) is 3.42. The highest BCUT2D eigenvalue weighted by molar-refractivity contribution is 5.77. The number of carbonyl (C=O) groups is 1. The normalized spacial score (nSPS) is 10.7. The van der Waals surface area contributed by atoms with Crippen molar-refractivity contribution >= 4 is 11.6 Å². The van der Waals surface area contributed by atoms with E-state index in [9.17, 15) is 4.79 Å². The van der Waals surface area contributed by atoms with E-state index < -0.39 is 0 Å². The van der Waals surface area contributed by atoms with Gasteiger partial charge in [0.15, 0.2) is 29.6 Å². The molecular weight excluding hydrogens is 498 g/mol. The molecule has 1 N–H and O–H groups in total. The predicted molar refractivity (Wildman–Crippen MR) is 145 cm³/mol. The van der Waals surface area contributed by atoms with Crippen molar-refractivity contribution in [2.75, 3.05) is 34.0 Å². The van der Waals surface area contributed by atoms with Gasteiger partial charge in [0.2, 0.25) is 5.88 Å². The lowest BCUT2D eigenvalue weighted by molar-refractivity contribution is -0.123. The molecule has 0 saturated heterocycles. The number of aromatic nitrogens is 4. The standard InChI is InChI=1S/C29H27N5O5/c1-36-24-13-10-22(18-25(24)37-2)29-32-31-26-14-15-28(33-34(26)29)38-17-16-30-27(35)19-39-23-11-8-21(9-12-23)20-6-4-3-5-7-20/h3-15,18H,16-17,19H2,1-2H3,(H,30,35). The van der Waals surface area contributed by atoms with E-state index in [0.29, 0.717) is 41.1 Å². The Balaban J connectivity index is 1.12. The molecule has 0 unspecified atom stereocenters. The van der Waals surface area contributed by atoms with Crippen LogP contribution >= 0.6 is 0 Å². The smallest absolute Gasteiger partial charge is 0.258 e. The van der Waals surface area contributed by atoms with Gasteiger partial charge in [0.25, 0.3) is 5.91 Å². The number of hydrogen-bond acceptors (Lipinski definition) is 8. The van der Waals surface area contributed by atoms with Gasteiger partial charge in [-0.05, 0) is 47.5 Å². The van der Waals surface area contributed by atoms with Crippen LogP contribution in [0.25, 0.3) is 28.2 Å². The van der Waals surface area contributed by atoms with Crippen LogP contribution in [0, 0.1) is 0 Å². The minimum absolute atomic E-state index is 0.0930. The van der Waals surface area contributed by atoms with Gasteiger partial charge in [0, 0.05) is 11.6 Å². The molecule has 10 heteroatoms. The molecule has 0 fully saturated rings. The maximum absolute atomic E-state index is 12.2. The van der Waals surface area contributed by atoms with Crippen molar-refractivity contribution in [3.05, 3.63) is 84.9 Å². The van der Waals surface area contributed by atoms with E-state index in [1.807, 2.05) is 60.7 Å². The number of carbonyl (C=O) groups excluding carboxylic acids is 1. The van der Waals surface area contributed by atoms with Crippen molar-refractivity contribution in [2.45, 2.75) is 0 Å². The van der Waals surface area contributed by atoms with Crippen LogP contribution in [0.15, 0.2) is 84.9 Å². The molecule has 0 atom stereocenters. The average molecular weight is 526 g/mol. The Morgan fingerprint density at radius 1 is 0.795 bits per heavy atom. The molecule has 2 heterocycles. The van der Waals surface area contributed by atoms with Crippen molar-refractivity contribution in [1.29, 1.82) is 0 Å². The largest absolute Gasteiger partial charge is 0.493 e. The first-order chi connectivity index (χ1) is 19.1. The molecule has 2 aromatic heterocycles. The fraction of sp³-hybridized carbons (Fsp3) is 0.172. The van der Waals surface area contributed by atoms with Crippen LogP contribution in [-0.4, -0.2) is 59.7 Å². The van der Waals surface area contributed by atoms with E-state index in [1.165, 1.54) is 0 Å². The summed E-state index contributed by atoms with van der Waals surface area (Å²) in [5.74, 6) is 2.46. The van der Waals surface area contributed by atoms with Crippen LogP contribution in [0.2, 0.25) is 0 Å². The first kappa shape index (κ1) is 25.5. The third kappa shape index (κ3) is 6.07. The maximum atomic E-state index is 12.2. The highest BCUT2D eigenvalue weighted by Gasteiger charge is 2.14. The first-order valence-electron chi connectivity index (χ1n) is 12.3. The van der Waals surface area contributed by atoms with E-state index in [2.05, 4.69) is 20.6 Å². The van der Waals surface area contributed by atoms with Crippen molar-refractivity contribution in [3.8, 4) is 45.6 Å². The van der Waals surface area contributed by atoms with Crippen LogP contribution in [0.4, 0.5) is 0 Å². The molecule has 10 nitrogen and oxygen atoms in total. The molecule has 0 aliphatic carbocycles. The van der Waals surface area contributed by atoms with Gasteiger partial charge < -0.3 is 24.3 Å². The number of nitrogens with one attached hydrogen (secondary N) is 1. The highest BCUT2D eigenvalue weighted by atomic mass is 16.5. The molecule has 3 aromatic carbocycles. The Morgan fingerprint density at radius 2 is 1.54 bits per heavy atom. The number of rotatable bonds is 11. The van der Waals surface area contributed by atoms with Gasteiger partial charge in [-0.2, -0.15) is 4.52 Å². The third-order valence-electron chi connectivity index (χ3n) is 5.89. The monoisotopic (exact) mass is 525 g/mol. The quantitative estimate of drug-likeness (QED) is 0.257. The van der Waals surface area contributed by atoms with Crippen LogP contribution < -0.4 is 24.3 Å². The topological polar surface area (TPSA) is 109 Å². The molecule has 1 amide bonds. The first-order valence-corrected chi connectivity index (χ1v) is 12.3. The zero-order chi connectivity index (χ0) is 27.0. The number of nitrogens with zero attached hydrogens (tertiary/aromatic N) is 4. The van der Waals surface area contributed by atoms with Gasteiger partial charge in [-0.25, -0.2) is 0 Å². The van der Waals surface area contributed by atoms with E-state index >= 15 is 0 Å². The molecule has 0 saturated carbocycles. The summed E-state index contributed by atoms with van der Waals surface area (Å²) in [5, 5.41) is 15.7. The number of hydrogen-bond donors (Lipinski definition) is 1. The van der Waals surface area contributed by atoms with Gasteiger partial charge in [0.1, 0.15) is 12.4 Å². The second kappa shape index (κ2) is 12.0. The van der Waals surface area contributed by atoms with E-state index in [1.54, 1.807) is 43.0 Å². The Morgan fingerprint density at radius 3 is 2.31 bits per heavy atom. The molecule has 5 rings (SSSR count). The minimum atomic E-state index is -0.247. The highest BCUT2D eigenvalue weighted by Crippen LogP contribution is 2.31. The molecule has 0 bridgehead atoms. The van der Waals surface area contributed by atoms with Crippen molar-refractivity contribution in [1.82, 2.24) is 25.1 Å². The molecule has 0 spiro atoms. The van der Waals surface area contributed by atoms with Crippen LogP contribution in [0.5, 0.6) is 23.1 Å². The lowest BCUT2D eigenvalue weighted by Crippen LogP contribution is -2.32. The molecular formula is C29H27N5O5. The SMILES string of the molecule is COc1ccc(-c2nnc3ccc(OCCNC(=O)COc4ccc(-c5ccccc5)cc4)nn23)cc1OC. The fourth-order valence-electron chi connectivity index (χ4n) is 3.92. The lowest BCUT2D eigenvalue weighted by Gasteiger charge is -2.10. The number of ether oxygens (including phenoxy) is 4. The summed E-state index contributed by atoms with van der Waals surface area (Å²) in [6.07, 6.45) is 0. The fourth-order valence-corrected chi connectivity index (χ4v) is 3.92. The molecule has 0 radical (unpaired) electrons. The molecule has 198 valence electrons. The lowest BCUT2D eigenvalue weighted by atomic mass is 10.1. The Labute approximate surface area is 225 Å². The summed E-state index contributed by atoms with van der Waals surface area (Å²) in [5.41, 5.74) is 3.52. The summed E-state index contributed by atoms with van der Waals surface area (Å²) in [6.45, 7) is 0.424. The summed E-state index contributed by atoms with van der Waals surface area (Å²) in [7, 11) is 3.15. The molecule has 0 aliphatic rings. The van der Waals surface area contributed by atoms with Crippen molar-refractivity contribution in [3.63, 3.8) is 0 Å². The molecule has 39 heavy (non-hydrogen) atoms. The van der Waals surface area contributed by atoms with E-state index in [0.717, 1.165) is 16.7 Å². The van der Waals surface area contributed by atoms with Gasteiger partial charge >= 0.3 is 0 Å². The van der Waals surface area contributed by atoms with Crippen molar-refractivity contribution < 1.29 is 23.7 Å². The van der Waals surface area contributed by atoms with Crippen LogP contribution in [-0.2, 0) is 4.79 Å². The Bertz CT molecular complexity index is 1550. The summed E-state index contributed by atoms with van der Waals surface area (Å²) >= 11 is 0. The van der Waals surface area contributed by atoms with Crippen molar-refractivity contribution in [2.24, 2.45) is 0 Å². The zero-order valence-corrected chi connectivity index (χ0v) is 21.5. The second-order valence-corrected chi connectivity index (χ2v) is 8.41. The van der Waals surface area contributed by atoms with Gasteiger partial charge in [-0.3, -0.25) is 4.79 Å². The van der Waals surface area contributed by atoms with Crippen LogP contribution in [0.3, 0.4) is 0 Å². The van der Waals surface area contributed by atoms with Gasteiger partial charge in [0.05, 0.1) is 20.8 Å². The maximum Gasteiger partial charge on any atom is 0.258 e. The van der Waals surface area contributed by atoms with Gasteiger partial charge in [-0.15, -0.1) is 15.3 Å². The van der Waals surface area contributed by atoms with E-state index in [-0.39, 0.29) is 19.1 Å². The predicted octanol–water partition coefficient (Wildman–Crippen LogP) is 4.05. The Hall–Kier alpha value is -5.12. The molecule has 0 aliphatic heterocycles. The summed E-state index contributed by atoms with van der Waals surface area (Å²) in [4.78, 5) is 12.2. The van der Waals surface area contributed by atoms with Gasteiger partial charge in [-0.1, -0.05) is 42.5 Å². The third-order valence-corrected chi connectivity index (χ3v) is 5.89.